The molecule has 2 atom stereocenters. The summed E-state index contributed by atoms with van der Waals surface area (Å²) in [4.78, 5) is 25.3. The predicted octanol–water partition coefficient (Wildman–Crippen LogP) is 4.35. The van der Waals surface area contributed by atoms with E-state index in [0.29, 0.717) is 50.0 Å². The van der Waals surface area contributed by atoms with E-state index in [9.17, 15) is 13.6 Å². The van der Waals surface area contributed by atoms with Crippen LogP contribution in [0, 0.1) is 23.5 Å². The number of piperidine rings is 1. The summed E-state index contributed by atoms with van der Waals surface area (Å²) in [5, 5.41) is 9.35. The van der Waals surface area contributed by atoms with Crippen molar-refractivity contribution in [2.24, 2.45) is 16.9 Å². The number of halogens is 2. The van der Waals surface area contributed by atoms with Gasteiger partial charge in [0.1, 0.15) is 10.6 Å². The zero-order chi connectivity index (χ0) is 24.1. The molecule has 1 aliphatic carbocycles. The van der Waals surface area contributed by atoms with Gasteiger partial charge in [-0.3, -0.25) is 4.79 Å². The Morgan fingerprint density at radius 2 is 1.77 bits per heavy atom. The highest BCUT2D eigenvalue weighted by atomic mass is 32.1. The number of nitrogens with two attached hydrogens (primary N) is 1. The van der Waals surface area contributed by atoms with Gasteiger partial charge < -0.3 is 10.6 Å². The van der Waals surface area contributed by atoms with E-state index in [0.717, 1.165) is 22.1 Å². The standard InChI is InChI=1S/C25H24F2N6OS/c26-19-6-5-14(13-20(19)27)21-16-3-1-2-4-17(16)24(34)33(31-21)15-7-10-32(11-8-15)22-18-9-12-35-23(18)30-25(28)29-22/h1-2,5-6,9,12-13,15-17H,3-4,7-8,10-11H2,(H2,28,29,30)/t16-,17+/m0/s1. The van der Waals surface area contributed by atoms with Crippen molar-refractivity contribution in [2.45, 2.75) is 31.7 Å². The van der Waals surface area contributed by atoms with Crippen LogP contribution in [0.1, 0.15) is 31.2 Å². The minimum atomic E-state index is -0.909. The smallest absolute Gasteiger partial charge is 0.247 e. The molecule has 180 valence electrons. The summed E-state index contributed by atoms with van der Waals surface area (Å²) in [5.41, 5.74) is 7.12. The van der Waals surface area contributed by atoms with Crippen molar-refractivity contribution in [3.8, 4) is 0 Å². The van der Waals surface area contributed by atoms with Gasteiger partial charge in [-0.15, -0.1) is 11.3 Å². The summed E-state index contributed by atoms with van der Waals surface area (Å²) in [5.74, 6) is -1.10. The van der Waals surface area contributed by atoms with Gasteiger partial charge in [0.2, 0.25) is 11.9 Å². The van der Waals surface area contributed by atoms with E-state index in [1.165, 1.54) is 17.4 Å². The molecule has 35 heavy (non-hydrogen) atoms. The molecule has 0 bridgehead atoms. The van der Waals surface area contributed by atoms with Gasteiger partial charge in [0.25, 0.3) is 0 Å². The lowest BCUT2D eigenvalue weighted by atomic mass is 9.76. The van der Waals surface area contributed by atoms with Gasteiger partial charge in [-0.2, -0.15) is 10.1 Å². The number of carbonyl (C=O) groups excluding carboxylic acids is 1. The van der Waals surface area contributed by atoms with Crippen molar-refractivity contribution in [3.05, 3.63) is 59.0 Å². The number of aromatic nitrogens is 2. The molecular weight excluding hydrogens is 470 g/mol. The largest absolute Gasteiger partial charge is 0.368 e. The molecule has 2 aromatic heterocycles. The highest BCUT2D eigenvalue weighted by Gasteiger charge is 2.43. The molecule has 3 aliphatic rings. The van der Waals surface area contributed by atoms with E-state index < -0.39 is 11.6 Å². The number of anilines is 2. The Balaban J connectivity index is 1.28. The first-order chi connectivity index (χ1) is 17.0. The van der Waals surface area contributed by atoms with Crippen molar-refractivity contribution < 1.29 is 13.6 Å². The van der Waals surface area contributed by atoms with Crippen LogP contribution >= 0.6 is 11.3 Å². The van der Waals surface area contributed by atoms with Gasteiger partial charge in [-0.1, -0.05) is 12.2 Å². The van der Waals surface area contributed by atoms with Gasteiger partial charge in [0.15, 0.2) is 11.6 Å². The third kappa shape index (κ3) is 3.85. The third-order valence-corrected chi connectivity index (χ3v) is 8.00. The summed E-state index contributed by atoms with van der Waals surface area (Å²) in [6.07, 6.45) is 6.77. The lowest BCUT2D eigenvalue weighted by molar-refractivity contribution is -0.140. The summed E-state index contributed by atoms with van der Waals surface area (Å²) < 4.78 is 27.7. The van der Waals surface area contributed by atoms with Crippen molar-refractivity contribution in [1.82, 2.24) is 15.0 Å². The molecule has 1 amide bonds. The number of nitrogens with zero attached hydrogens (tertiary/aromatic N) is 5. The van der Waals surface area contributed by atoms with Crippen molar-refractivity contribution in [3.63, 3.8) is 0 Å². The first-order valence-corrected chi connectivity index (χ1v) is 12.6. The van der Waals surface area contributed by atoms with Crippen LogP contribution in [0.2, 0.25) is 0 Å². The fourth-order valence-corrected chi connectivity index (χ4v) is 6.17. The third-order valence-electron chi connectivity index (χ3n) is 7.19. The van der Waals surface area contributed by atoms with Crippen molar-refractivity contribution in [2.75, 3.05) is 23.7 Å². The fraction of sp³-hybridized carbons (Fsp3) is 0.360. The maximum Gasteiger partial charge on any atom is 0.247 e. The number of hydrogen-bond acceptors (Lipinski definition) is 7. The number of rotatable bonds is 3. The zero-order valence-electron chi connectivity index (χ0n) is 18.9. The van der Waals surface area contributed by atoms with Crippen LogP contribution in [-0.2, 0) is 4.79 Å². The van der Waals surface area contributed by atoms with Gasteiger partial charge >= 0.3 is 0 Å². The molecule has 10 heteroatoms. The number of fused-ring (bicyclic) bond motifs is 2. The quantitative estimate of drug-likeness (QED) is 0.547. The molecule has 2 N–H and O–H groups in total. The van der Waals surface area contributed by atoms with E-state index in [1.54, 1.807) is 11.1 Å². The summed E-state index contributed by atoms with van der Waals surface area (Å²) >= 11 is 1.53. The number of nitrogen functional groups attached to an aromatic ring is 1. The monoisotopic (exact) mass is 494 g/mol. The Kier molecular flexibility index (Phi) is 5.47. The average Bonchev–Trinajstić information content (AvgIpc) is 3.34. The molecule has 1 fully saturated rings. The Morgan fingerprint density at radius 1 is 1.00 bits per heavy atom. The summed E-state index contributed by atoms with van der Waals surface area (Å²) in [6, 6.07) is 5.78. The van der Waals surface area contributed by atoms with Crippen LogP contribution in [0.3, 0.4) is 0 Å². The van der Waals surface area contributed by atoms with Crippen LogP contribution in [0.15, 0.2) is 46.9 Å². The molecule has 0 radical (unpaired) electrons. The average molecular weight is 495 g/mol. The first-order valence-electron chi connectivity index (χ1n) is 11.8. The lowest BCUT2D eigenvalue weighted by Crippen LogP contribution is -2.52. The number of amides is 1. The molecule has 0 spiro atoms. The van der Waals surface area contributed by atoms with Crippen LogP contribution in [0.5, 0.6) is 0 Å². The van der Waals surface area contributed by atoms with E-state index >= 15 is 0 Å². The maximum atomic E-state index is 14.1. The first kappa shape index (κ1) is 22.1. The SMILES string of the molecule is Nc1nc(N2CCC(N3N=C(c4ccc(F)c(F)c4)[C@H]4CC=CC[C@H]4C3=O)CC2)c2ccsc2n1. The molecule has 6 rings (SSSR count). The van der Waals surface area contributed by atoms with Gasteiger partial charge in [0, 0.05) is 24.6 Å². The van der Waals surface area contributed by atoms with Gasteiger partial charge in [-0.25, -0.2) is 18.8 Å². The zero-order valence-corrected chi connectivity index (χ0v) is 19.7. The molecule has 0 unspecified atom stereocenters. The Morgan fingerprint density at radius 3 is 2.54 bits per heavy atom. The number of allylic oxidation sites excluding steroid dienone is 2. The molecule has 7 nitrogen and oxygen atoms in total. The maximum absolute atomic E-state index is 14.1. The Bertz CT molecular complexity index is 1360. The molecule has 2 aliphatic heterocycles. The van der Waals surface area contributed by atoms with Gasteiger partial charge in [0.05, 0.1) is 23.1 Å². The number of hydrazone groups is 1. The Labute approximate surface area is 205 Å². The number of hydrogen-bond donors (Lipinski definition) is 1. The Hall–Kier alpha value is -3.40. The molecule has 4 heterocycles. The van der Waals surface area contributed by atoms with Crippen molar-refractivity contribution >= 4 is 44.9 Å². The molecular formula is C25H24F2N6OS. The topological polar surface area (TPSA) is 87.7 Å². The second kappa shape index (κ2) is 8.67. The minimum Gasteiger partial charge on any atom is -0.368 e. The van der Waals surface area contributed by atoms with Gasteiger partial charge in [-0.05, 0) is 55.3 Å². The van der Waals surface area contributed by atoms with Crippen molar-refractivity contribution in [1.29, 1.82) is 0 Å². The lowest BCUT2D eigenvalue weighted by Gasteiger charge is -2.42. The van der Waals surface area contributed by atoms with E-state index in [2.05, 4.69) is 14.9 Å². The highest BCUT2D eigenvalue weighted by Crippen LogP contribution is 2.37. The fourth-order valence-electron chi connectivity index (χ4n) is 5.41. The van der Waals surface area contributed by atoms with E-state index in [1.807, 2.05) is 23.6 Å². The highest BCUT2D eigenvalue weighted by molar-refractivity contribution is 7.16. The predicted molar refractivity (Wildman–Crippen MR) is 132 cm³/mol. The molecule has 3 aromatic rings. The second-order valence-electron chi connectivity index (χ2n) is 9.22. The van der Waals surface area contributed by atoms with Crippen LogP contribution in [0.25, 0.3) is 10.2 Å². The molecule has 0 saturated carbocycles. The van der Waals surface area contributed by atoms with Crippen LogP contribution in [-0.4, -0.2) is 45.7 Å². The minimum absolute atomic E-state index is 0.00985. The van der Waals surface area contributed by atoms with E-state index in [4.69, 9.17) is 10.8 Å². The number of thiophene rings is 1. The summed E-state index contributed by atoms with van der Waals surface area (Å²) in [7, 11) is 0. The molecule has 1 saturated heterocycles. The van der Waals surface area contributed by atoms with Crippen LogP contribution < -0.4 is 10.6 Å². The van der Waals surface area contributed by atoms with Crippen LogP contribution in [0.4, 0.5) is 20.5 Å². The number of carbonyl (C=O) groups is 1. The second-order valence-corrected chi connectivity index (χ2v) is 10.1. The molecule has 1 aromatic carbocycles. The normalized spacial score (nSPS) is 23.0. The number of benzene rings is 1. The van der Waals surface area contributed by atoms with E-state index in [-0.39, 0.29) is 29.7 Å². The summed E-state index contributed by atoms with van der Waals surface area (Å²) in [6.45, 7) is 1.39.